The molecule has 0 aromatic heterocycles. The first-order valence-corrected chi connectivity index (χ1v) is 12.1. The Morgan fingerprint density at radius 3 is 1.92 bits per heavy atom. The number of fused-ring (bicyclic) bond motifs is 3. The molecule has 2 aromatic carbocycles. The van der Waals surface area contributed by atoms with Crippen LogP contribution in [0, 0.1) is 0 Å². The fourth-order valence-corrected chi connectivity index (χ4v) is 6.66. The zero-order chi connectivity index (χ0) is 26.5. The van der Waals surface area contributed by atoms with E-state index in [1.807, 2.05) is 36.4 Å². The van der Waals surface area contributed by atoms with Crippen LogP contribution in [0.5, 0.6) is 0 Å². The van der Waals surface area contributed by atoms with Crippen LogP contribution in [-0.2, 0) is 43.7 Å². The van der Waals surface area contributed by atoms with Crippen LogP contribution in [0.25, 0.3) is 10.8 Å². The summed E-state index contributed by atoms with van der Waals surface area (Å²) in [5, 5.41) is 1.78. The molecule has 37 heavy (non-hydrogen) atoms. The number of carbonyl (C=O) groups excluding carboxylic acids is 4. The fraction of sp³-hybridized carbons (Fsp3) is 0.357. The van der Waals surface area contributed by atoms with Crippen LogP contribution < -0.4 is 4.90 Å². The van der Waals surface area contributed by atoms with Crippen LogP contribution in [0.3, 0.4) is 0 Å². The predicted octanol–water partition coefficient (Wildman–Crippen LogP) is 1.11. The van der Waals surface area contributed by atoms with Crippen molar-refractivity contribution in [2.75, 3.05) is 41.5 Å². The van der Waals surface area contributed by atoms with Gasteiger partial charge in [-0.25, -0.2) is 19.2 Å². The van der Waals surface area contributed by atoms with Crippen LogP contribution in [0.4, 0.5) is 0 Å². The highest BCUT2D eigenvalue weighted by atomic mass is 16.5. The second-order valence-corrected chi connectivity index (χ2v) is 9.31. The first-order chi connectivity index (χ1) is 17.9. The molecule has 9 nitrogen and oxygen atoms in total. The molecule has 0 amide bonds. The quantitative estimate of drug-likeness (QED) is 0.475. The van der Waals surface area contributed by atoms with Gasteiger partial charge in [-0.1, -0.05) is 36.4 Å². The van der Waals surface area contributed by atoms with Crippen LogP contribution >= 0.6 is 0 Å². The normalized spacial score (nSPS) is 22.6. The fourth-order valence-electron chi connectivity index (χ4n) is 6.66. The summed E-state index contributed by atoms with van der Waals surface area (Å²) in [6.07, 6.45) is 1.78. The van der Waals surface area contributed by atoms with Crippen molar-refractivity contribution < 1.29 is 43.0 Å². The Hall–Kier alpha value is -3.98. The SMILES string of the molecule is COC(=O)C1=C(C(=O)OC)[C@@H]2c3cccc4cccc(c34)[C@@]2([NH+]2CCCC2)C(C(=O)OC)=C1C(=O)OC. The van der Waals surface area contributed by atoms with E-state index >= 15 is 0 Å². The van der Waals surface area contributed by atoms with Crippen LogP contribution in [0.2, 0.25) is 0 Å². The third kappa shape index (κ3) is 3.20. The third-order valence-corrected chi connectivity index (χ3v) is 7.90. The van der Waals surface area contributed by atoms with Crippen molar-refractivity contribution in [2.45, 2.75) is 24.3 Å². The number of nitrogens with one attached hydrogen (secondary N) is 1. The molecular formula is C28H28NO8+. The lowest BCUT2D eigenvalue weighted by atomic mass is 9.63. The molecule has 2 atom stereocenters. The Labute approximate surface area is 213 Å². The van der Waals surface area contributed by atoms with Gasteiger partial charge in [-0.2, -0.15) is 0 Å². The highest BCUT2D eigenvalue weighted by Crippen LogP contribution is 2.59. The summed E-state index contributed by atoms with van der Waals surface area (Å²) in [6, 6.07) is 11.5. The molecule has 0 spiro atoms. The molecule has 0 unspecified atom stereocenters. The van der Waals surface area contributed by atoms with Gasteiger partial charge in [0.1, 0.15) is 5.57 Å². The van der Waals surface area contributed by atoms with E-state index in [0.717, 1.165) is 53.9 Å². The summed E-state index contributed by atoms with van der Waals surface area (Å²) in [5.74, 6) is -4.27. The van der Waals surface area contributed by atoms with Crippen molar-refractivity contribution in [1.82, 2.24) is 0 Å². The van der Waals surface area contributed by atoms with Crippen LogP contribution in [-0.4, -0.2) is 65.4 Å². The van der Waals surface area contributed by atoms with Crippen molar-refractivity contribution in [3.63, 3.8) is 0 Å². The molecule has 1 saturated heterocycles. The smallest absolute Gasteiger partial charge is 0.341 e. The van der Waals surface area contributed by atoms with E-state index in [1.165, 1.54) is 14.2 Å². The third-order valence-electron chi connectivity index (χ3n) is 7.90. The van der Waals surface area contributed by atoms with Gasteiger partial charge in [0.2, 0.25) is 0 Å². The van der Waals surface area contributed by atoms with Crippen LogP contribution in [0.1, 0.15) is 29.9 Å². The Morgan fingerprint density at radius 2 is 1.32 bits per heavy atom. The van der Waals surface area contributed by atoms with Gasteiger partial charge in [-0.15, -0.1) is 0 Å². The summed E-state index contributed by atoms with van der Waals surface area (Å²) < 4.78 is 20.6. The monoisotopic (exact) mass is 506 g/mol. The summed E-state index contributed by atoms with van der Waals surface area (Å²) in [7, 11) is 4.75. The summed E-state index contributed by atoms with van der Waals surface area (Å²) >= 11 is 0. The lowest BCUT2D eigenvalue weighted by Crippen LogP contribution is -3.18. The summed E-state index contributed by atoms with van der Waals surface area (Å²) in [6.45, 7) is 1.36. The van der Waals surface area contributed by atoms with E-state index < -0.39 is 35.3 Å². The van der Waals surface area contributed by atoms with Gasteiger partial charge in [0.05, 0.1) is 64.2 Å². The predicted molar refractivity (Wildman–Crippen MR) is 130 cm³/mol. The number of hydrogen-bond acceptors (Lipinski definition) is 8. The number of likely N-dealkylation sites (tertiary alicyclic amines) is 1. The maximum atomic E-state index is 13.8. The Balaban J connectivity index is 2.07. The first-order valence-electron chi connectivity index (χ1n) is 12.1. The highest BCUT2D eigenvalue weighted by Gasteiger charge is 2.67. The average Bonchev–Trinajstić information content (AvgIpc) is 3.57. The number of ether oxygens (including phenoxy) is 4. The molecule has 9 heteroatoms. The molecule has 192 valence electrons. The number of benzene rings is 2. The van der Waals surface area contributed by atoms with Crippen molar-refractivity contribution in [2.24, 2.45) is 0 Å². The summed E-state index contributed by atoms with van der Waals surface area (Å²) in [5.41, 5.74) is -0.412. The molecule has 0 radical (unpaired) electrons. The van der Waals surface area contributed by atoms with Crippen molar-refractivity contribution in [3.8, 4) is 0 Å². The van der Waals surface area contributed by atoms with Gasteiger partial charge < -0.3 is 23.8 Å². The minimum atomic E-state index is -1.24. The van der Waals surface area contributed by atoms with Crippen molar-refractivity contribution >= 4 is 34.6 Å². The minimum absolute atomic E-state index is 0.0134. The molecule has 1 aliphatic heterocycles. The number of esters is 4. The lowest BCUT2D eigenvalue weighted by Gasteiger charge is -2.45. The van der Waals surface area contributed by atoms with Gasteiger partial charge in [0, 0.05) is 18.4 Å². The Bertz CT molecular complexity index is 1410. The van der Waals surface area contributed by atoms with Gasteiger partial charge in [-0.05, 0) is 16.3 Å². The number of carbonyl (C=O) groups is 4. The zero-order valence-corrected chi connectivity index (χ0v) is 21.1. The second kappa shape index (κ2) is 9.15. The minimum Gasteiger partial charge on any atom is -0.466 e. The van der Waals surface area contributed by atoms with Crippen LogP contribution in [0.15, 0.2) is 58.7 Å². The number of quaternary nitrogens is 1. The molecule has 1 heterocycles. The molecule has 3 aliphatic rings. The molecule has 1 N–H and O–H groups in total. The van der Waals surface area contributed by atoms with E-state index in [9.17, 15) is 19.2 Å². The maximum Gasteiger partial charge on any atom is 0.341 e. The van der Waals surface area contributed by atoms with Crippen molar-refractivity contribution in [3.05, 3.63) is 69.8 Å². The Kier molecular flexibility index (Phi) is 6.11. The van der Waals surface area contributed by atoms with Gasteiger partial charge >= 0.3 is 23.9 Å². The van der Waals surface area contributed by atoms with Gasteiger partial charge in [0.15, 0.2) is 5.54 Å². The average molecular weight is 507 g/mol. The molecule has 2 aromatic rings. The van der Waals surface area contributed by atoms with E-state index in [2.05, 4.69) is 0 Å². The molecule has 1 fully saturated rings. The highest BCUT2D eigenvalue weighted by molar-refractivity contribution is 6.19. The topological polar surface area (TPSA) is 110 Å². The Morgan fingerprint density at radius 1 is 0.757 bits per heavy atom. The molecular weight excluding hydrogens is 478 g/mol. The molecule has 5 rings (SSSR count). The van der Waals surface area contributed by atoms with Gasteiger partial charge in [0.25, 0.3) is 0 Å². The molecule has 0 saturated carbocycles. The number of methoxy groups -OCH3 is 4. The first kappa shape index (κ1) is 24.7. The van der Waals surface area contributed by atoms with E-state index in [-0.39, 0.29) is 22.3 Å². The van der Waals surface area contributed by atoms with Crippen molar-refractivity contribution in [1.29, 1.82) is 0 Å². The second-order valence-electron chi connectivity index (χ2n) is 9.31. The van der Waals surface area contributed by atoms with E-state index in [0.29, 0.717) is 13.1 Å². The number of hydrogen-bond donors (Lipinski definition) is 1. The van der Waals surface area contributed by atoms with Gasteiger partial charge in [-0.3, -0.25) is 0 Å². The summed E-state index contributed by atoms with van der Waals surface area (Å²) in [4.78, 5) is 55.1. The maximum absolute atomic E-state index is 13.8. The molecule has 2 aliphatic carbocycles. The van der Waals surface area contributed by atoms with E-state index in [1.54, 1.807) is 0 Å². The lowest BCUT2D eigenvalue weighted by molar-refractivity contribution is -0.944. The zero-order valence-electron chi connectivity index (χ0n) is 21.1. The largest absolute Gasteiger partial charge is 0.466 e. The molecule has 0 bridgehead atoms. The standard InChI is InChI=1S/C28H27NO8/c1-34-24(30)19-20(25(31)35-2)22-16-11-7-9-15-10-8-12-17(18(15)16)28(22,29-13-5-6-14-29)23(27(33)37-4)21(19)26(32)36-3/h7-12,22H,5-6,13-14H2,1-4H3/p+1/t22-,28-/m0/s1. The number of rotatable bonds is 5. The van der Waals surface area contributed by atoms with E-state index in [4.69, 9.17) is 18.9 Å².